The van der Waals surface area contributed by atoms with Crippen LogP contribution in [0, 0.1) is 11.7 Å². The van der Waals surface area contributed by atoms with E-state index in [4.69, 9.17) is 0 Å². The fourth-order valence-electron chi connectivity index (χ4n) is 4.71. The average molecular weight is 428 g/mol. The highest BCUT2D eigenvalue weighted by atomic mass is 19.3. The van der Waals surface area contributed by atoms with Gasteiger partial charge in [0.15, 0.2) is 0 Å². The van der Waals surface area contributed by atoms with Gasteiger partial charge in [0.25, 0.3) is 0 Å². The number of alkyl halides is 4. The molecule has 164 valence electrons. The van der Waals surface area contributed by atoms with Gasteiger partial charge in [0, 0.05) is 43.2 Å². The standard InChI is InChI=1S/C22H25F5N2O/c1-20(9-4-10-20)29-18-8-7-15(23)12-17(18)28-19(29)6-3-2-5-16(30)11-14-13-21(24,25)22(14,26)27/h7-8,12,14H,2-6,9-11,13H2,1H3. The van der Waals surface area contributed by atoms with Crippen LogP contribution in [0.15, 0.2) is 18.2 Å². The molecule has 30 heavy (non-hydrogen) atoms. The molecule has 2 aliphatic carbocycles. The van der Waals surface area contributed by atoms with E-state index in [1.54, 1.807) is 6.07 Å². The molecular formula is C22H25F5N2O. The van der Waals surface area contributed by atoms with Crippen LogP contribution in [0.25, 0.3) is 11.0 Å². The predicted molar refractivity (Wildman–Crippen MR) is 102 cm³/mol. The Morgan fingerprint density at radius 2 is 1.93 bits per heavy atom. The first-order valence-electron chi connectivity index (χ1n) is 10.5. The number of nitrogens with zero attached hydrogens (tertiary/aromatic N) is 2. The van der Waals surface area contributed by atoms with Gasteiger partial charge < -0.3 is 4.57 Å². The third kappa shape index (κ3) is 3.52. The lowest BCUT2D eigenvalue weighted by atomic mass is 9.73. The highest BCUT2D eigenvalue weighted by Gasteiger charge is 2.71. The first-order chi connectivity index (χ1) is 14.0. The molecule has 0 bridgehead atoms. The van der Waals surface area contributed by atoms with Crippen LogP contribution in [0.3, 0.4) is 0 Å². The second-order valence-electron chi connectivity index (χ2n) is 9.03. The van der Waals surface area contributed by atoms with E-state index in [1.807, 2.05) is 0 Å². The summed E-state index contributed by atoms with van der Waals surface area (Å²) < 4.78 is 68.3. The summed E-state index contributed by atoms with van der Waals surface area (Å²) in [6.45, 7) is 2.16. The average Bonchev–Trinajstić information content (AvgIpc) is 3.00. The third-order valence-corrected chi connectivity index (χ3v) is 6.74. The van der Waals surface area contributed by atoms with Crippen LogP contribution in [-0.4, -0.2) is 27.2 Å². The first kappa shape index (κ1) is 21.2. The fourth-order valence-corrected chi connectivity index (χ4v) is 4.71. The molecule has 2 saturated carbocycles. The van der Waals surface area contributed by atoms with E-state index in [0.29, 0.717) is 24.8 Å². The van der Waals surface area contributed by atoms with Gasteiger partial charge in [0.2, 0.25) is 0 Å². The van der Waals surface area contributed by atoms with E-state index in [0.717, 1.165) is 30.6 Å². The Hall–Kier alpha value is -1.99. The van der Waals surface area contributed by atoms with E-state index >= 15 is 0 Å². The SMILES string of the molecule is CC1(n2c(CCCCC(=O)CC3CC(F)(F)C3(F)F)nc3cc(F)ccc32)CCC1. The molecule has 0 amide bonds. The minimum Gasteiger partial charge on any atom is -0.322 e. The monoisotopic (exact) mass is 428 g/mol. The van der Waals surface area contributed by atoms with Crippen LogP contribution in [0.4, 0.5) is 22.0 Å². The third-order valence-electron chi connectivity index (χ3n) is 6.74. The number of fused-ring (bicyclic) bond motifs is 1. The van der Waals surface area contributed by atoms with Crippen molar-refractivity contribution in [3.63, 3.8) is 0 Å². The van der Waals surface area contributed by atoms with Crippen molar-refractivity contribution in [2.45, 2.75) is 82.1 Å². The summed E-state index contributed by atoms with van der Waals surface area (Å²) in [6, 6.07) is 4.57. The van der Waals surface area contributed by atoms with Gasteiger partial charge in [0.05, 0.1) is 11.0 Å². The predicted octanol–water partition coefficient (Wildman–Crippen LogP) is 6.04. The number of halogens is 5. The lowest BCUT2D eigenvalue weighted by molar-refractivity contribution is -0.313. The number of imidazole rings is 1. The van der Waals surface area contributed by atoms with E-state index in [2.05, 4.69) is 16.5 Å². The molecule has 0 N–H and O–H groups in total. The maximum absolute atomic E-state index is 13.6. The molecule has 0 spiro atoms. The largest absolute Gasteiger partial charge is 0.322 e. The second-order valence-corrected chi connectivity index (χ2v) is 9.03. The maximum Gasteiger partial charge on any atom is 0.313 e. The molecule has 1 unspecified atom stereocenters. The number of Topliss-reactive ketones (excluding diaryl/α,β-unsaturated/α-hetero) is 1. The van der Waals surface area contributed by atoms with Crippen LogP contribution in [0.5, 0.6) is 0 Å². The lowest BCUT2D eigenvalue weighted by Crippen LogP contribution is -2.59. The van der Waals surface area contributed by atoms with Crippen LogP contribution >= 0.6 is 0 Å². The Balaban J connectivity index is 1.35. The van der Waals surface area contributed by atoms with Gasteiger partial charge in [-0.2, -0.15) is 17.6 Å². The number of aromatic nitrogens is 2. The van der Waals surface area contributed by atoms with E-state index in [1.165, 1.54) is 12.1 Å². The number of benzene rings is 1. The van der Waals surface area contributed by atoms with Crippen molar-refractivity contribution in [1.29, 1.82) is 0 Å². The molecule has 2 aromatic rings. The molecule has 1 atom stereocenters. The molecule has 0 aliphatic heterocycles. The Labute approximate surface area is 171 Å². The Morgan fingerprint density at radius 1 is 1.20 bits per heavy atom. The number of hydrogen-bond acceptors (Lipinski definition) is 2. The topological polar surface area (TPSA) is 34.9 Å². The molecule has 2 fully saturated rings. The Morgan fingerprint density at radius 3 is 2.53 bits per heavy atom. The molecule has 2 aliphatic rings. The van der Waals surface area contributed by atoms with Gasteiger partial charge in [-0.05, 0) is 51.2 Å². The van der Waals surface area contributed by atoms with Crippen LogP contribution in [0.2, 0.25) is 0 Å². The number of carbonyl (C=O) groups excluding carboxylic acids is 1. The second kappa shape index (κ2) is 7.31. The van der Waals surface area contributed by atoms with Crippen molar-refractivity contribution in [3.8, 4) is 0 Å². The summed E-state index contributed by atoms with van der Waals surface area (Å²) in [5.41, 5.74) is 1.43. The lowest BCUT2D eigenvalue weighted by Gasteiger charge is -2.43. The van der Waals surface area contributed by atoms with Crippen LogP contribution in [0.1, 0.15) is 64.1 Å². The van der Waals surface area contributed by atoms with Gasteiger partial charge in [-0.3, -0.25) is 4.79 Å². The van der Waals surface area contributed by atoms with Gasteiger partial charge in [-0.15, -0.1) is 0 Å². The van der Waals surface area contributed by atoms with Gasteiger partial charge in [0.1, 0.15) is 17.4 Å². The van der Waals surface area contributed by atoms with Crippen molar-refractivity contribution in [2.75, 3.05) is 0 Å². The summed E-state index contributed by atoms with van der Waals surface area (Å²) in [6.07, 6.45) is 3.48. The van der Waals surface area contributed by atoms with E-state index in [9.17, 15) is 26.7 Å². The van der Waals surface area contributed by atoms with E-state index < -0.39 is 36.4 Å². The Kier molecular flexibility index (Phi) is 5.18. The molecule has 3 nitrogen and oxygen atoms in total. The molecule has 1 heterocycles. The fraction of sp³-hybridized carbons (Fsp3) is 0.636. The van der Waals surface area contributed by atoms with Gasteiger partial charge in [-0.1, -0.05) is 0 Å². The zero-order valence-electron chi connectivity index (χ0n) is 16.9. The summed E-state index contributed by atoms with van der Waals surface area (Å²) in [5, 5.41) is 0. The molecule has 1 aromatic heterocycles. The summed E-state index contributed by atoms with van der Waals surface area (Å²) in [4.78, 5) is 16.6. The quantitative estimate of drug-likeness (QED) is 0.380. The zero-order valence-corrected chi connectivity index (χ0v) is 16.9. The van der Waals surface area contributed by atoms with E-state index in [-0.39, 0.29) is 17.8 Å². The Bertz CT molecular complexity index is 964. The number of hydrogen-bond donors (Lipinski definition) is 0. The normalized spacial score (nSPS) is 23.7. The maximum atomic E-state index is 13.6. The first-order valence-corrected chi connectivity index (χ1v) is 10.5. The minimum atomic E-state index is -4.08. The molecule has 0 radical (unpaired) electrons. The van der Waals surface area contributed by atoms with Crippen molar-refractivity contribution in [1.82, 2.24) is 9.55 Å². The summed E-state index contributed by atoms with van der Waals surface area (Å²) >= 11 is 0. The highest BCUT2D eigenvalue weighted by Crippen LogP contribution is 2.56. The van der Waals surface area contributed by atoms with Crippen molar-refractivity contribution in [2.24, 2.45) is 5.92 Å². The molecular weight excluding hydrogens is 403 g/mol. The summed E-state index contributed by atoms with van der Waals surface area (Å²) in [7, 11) is 0. The summed E-state index contributed by atoms with van der Waals surface area (Å²) in [5.74, 6) is -9.55. The molecule has 8 heteroatoms. The number of rotatable bonds is 8. The van der Waals surface area contributed by atoms with Crippen LogP contribution in [-0.2, 0) is 16.8 Å². The van der Waals surface area contributed by atoms with Gasteiger partial charge >= 0.3 is 11.8 Å². The van der Waals surface area contributed by atoms with Crippen molar-refractivity contribution >= 4 is 16.8 Å². The zero-order chi connectivity index (χ0) is 21.7. The highest BCUT2D eigenvalue weighted by molar-refractivity contribution is 5.79. The van der Waals surface area contributed by atoms with Gasteiger partial charge in [-0.25, -0.2) is 9.37 Å². The molecule has 1 aromatic carbocycles. The number of ketones is 1. The molecule has 0 saturated heterocycles. The molecule has 4 rings (SSSR count). The number of carbonyl (C=O) groups is 1. The van der Waals surface area contributed by atoms with Crippen molar-refractivity contribution in [3.05, 3.63) is 29.8 Å². The van der Waals surface area contributed by atoms with Crippen LogP contribution < -0.4 is 0 Å². The number of aryl methyl sites for hydroxylation is 1. The number of unbranched alkanes of at least 4 members (excludes halogenated alkanes) is 1. The minimum absolute atomic E-state index is 0.0568. The van der Waals surface area contributed by atoms with Crippen molar-refractivity contribution < 1.29 is 26.7 Å². The smallest absolute Gasteiger partial charge is 0.313 e.